The highest BCUT2D eigenvalue weighted by atomic mass is 35.5. The molecule has 4 rings (SSSR count). The quantitative estimate of drug-likeness (QED) is 0.560. The van der Waals surface area contributed by atoms with Gasteiger partial charge in [-0.05, 0) is 60.5 Å². The fourth-order valence-electron chi connectivity index (χ4n) is 4.04. The molecule has 1 aliphatic rings. The van der Waals surface area contributed by atoms with Gasteiger partial charge in [0.1, 0.15) is 0 Å². The zero-order valence-corrected chi connectivity index (χ0v) is 19.6. The van der Waals surface area contributed by atoms with Gasteiger partial charge in [0.2, 0.25) is 5.91 Å². The summed E-state index contributed by atoms with van der Waals surface area (Å²) in [6.45, 7) is 4.75. The Kier molecular flexibility index (Phi) is 6.67. The Morgan fingerprint density at radius 1 is 1.00 bits per heavy atom. The normalized spacial score (nSPS) is 15.1. The second-order valence-corrected chi connectivity index (χ2v) is 10.6. The van der Waals surface area contributed by atoms with Gasteiger partial charge in [-0.2, -0.15) is 0 Å². The number of sulfone groups is 1. The van der Waals surface area contributed by atoms with E-state index in [0.29, 0.717) is 18.1 Å². The summed E-state index contributed by atoms with van der Waals surface area (Å²) in [6.07, 6.45) is 2.62. The zero-order chi connectivity index (χ0) is 22.7. The van der Waals surface area contributed by atoms with E-state index in [0.717, 1.165) is 41.7 Å². The topological polar surface area (TPSA) is 70.6 Å². The molecule has 1 fully saturated rings. The van der Waals surface area contributed by atoms with Crippen molar-refractivity contribution in [3.8, 4) is 0 Å². The van der Waals surface area contributed by atoms with Crippen LogP contribution in [0, 0.1) is 6.92 Å². The summed E-state index contributed by atoms with van der Waals surface area (Å²) in [5.41, 5.74) is 2.06. The molecule has 1 aromatic heterocycles. The lowest BCUT2D eigenvalue weighted by Gasteiger charge is -2.24. The maximum atomic E-state index is 12.9. The standard InChI is InChI=1S/C24H26ClN3O3S/c1-18-15-22(7-9-26-18)27-10-2-11-28(13-12-27)24(29)8-14-32(30,31)23-6-4-19-16-21(25)5-3-20(19)17-23/h3-7,9,15-17H,2,8,10-14H2,1H3. The van der Waals surface area contributed by atoms with Gasteiger partial charge in [-0.3, -0.25) is 9.78 Å². The summed E-state index contributed by atoms with van der Waals surface area (Å²) in [6, 6.07) is 14.3. The molecule has 0 aliphatic carbocycles. The number of carbonyl (C=O) groups excluding carboxylic acids is 1. The van der Waals surface area contributed by atoms with E-state index in [1.807, 2.05) is 19.1 Å². The van der Waals surface area contributed by atoms with E-state index >= 15 is 0 Å². The third-order valence-corrected chi connectivity index (χ3v) is 7.76. The van der Waals surface area contributed by atoms with Crippen LogP contribution in [0.5, 0.6) is 0 Å². The maximum absolute atomic E-state index is 12.9. The summed E-state index contributed by atoms with van der Waals surface area (Å²) in [5, 5.41) is 2.29. The molecule has 168 valence electrons. The third kappa shape index (κ3) is 5.22. The van der Waals surface area contributed by atoms with Gasteiger partial charge < -0.3 is 9.80 Å². The molecule has 0 bridgehead atoms. The number of carbonyl (C=O) groups is 1. The lowest BCUT2D eigenvalue weighted by atomic mass is 10.1. The third-order valence-electron chi connectivity index (χ3n) is 5.81. The molecule has 0 atom stereocenters. The molecule has 2 aromatic carbocycles. The van der Waals surface area contributed by atoms with Gasteiger partial charge >= 0.3 is 0 Å². The van der Waals surface area contributed by atoms with E-state index in [2.05, 4.69) is 9.88 Å². The van der Waals surface area contributed by atoms with E-state index in [1.165, 1.54) is 0 Å². The largest absolute Gasteiger partial charge is 0.370 e. The SMILES string of the molecule is Cc1cc(N2CCCN(C(=O)CCS(=O)(=O)c3ccc4cc(Cl)ccc4c3)CC2)ccn1. The molecular weight excluding hydrogens is 446 g/mol. The molecule has 0 unspecified atom stereocenters. The van der Waals surface area contributed by atoms with Crippen LogP contribution in [0.3, 0.4) is 0 Å². The Balaban J connectivity index is 1.38. The second-order valence-electron chi connectivity index (χ2n) is 8.10. The predicted molar refractivity (Wildman–Crippen MR) is 128 cm³/mol. The number of fused-ring (bicyclic) bond motifs is 1. The first-order chi connectivity index (χ1) is 15.3. The van der Waals surface area contributed by atoms with E-state index in [-0.39, 0.29) is 23.0 Å². The molecule has 0 spiro atoms. The van der Waals surface area contributed by atoms with E-state index in [1.54, 1.807) is 47.5 Å². The van der Waals surface area contributed by atoms with Crippen molar-refractivity contribution in [2.24, 2.45) is 0 Å². The van der Waals surface area contributed by atoms with E-state index < -0.39 is 9.84 Å². The number of pyridine rings is 1. The van der Waals surface area contributed by atoms with Crippen LogP contribution in [0.15, 0.2) is 59.6 Å². The molecule has 32 heavy (non-hydrogen) atoms. The summed E-state index contributed by atoms with van der Waals surface area (Å²) in [7, 11) is -3.56. The van der Waals surface area contributed by atoms with Gasteiger partial charge in [-0.25, -0.2) is 8.42 Å². The van der Waals surface area contributed by atoms with Crippen molar-refractivity contribution in [1.29, 1.82) is 0 Å². The number of anilines is 1. The number of halogens is 1. The zero-order valence-electron chi connectivity index (χ0n) is 18.0. The van der Waals surface area contributed by atoms with Crippen molar-refractivity contribution in [2.45, 2.75) is 24.7 Å². The van der Waals surface area contributed by atoms with Crippen LogP contribution in [0.25, 0.3) is 10.8 Å². The monoisotopic (exact) mass is 471 g/mol. The van der Waals surface area contributed by atoms with Gasteiger partial charge in [-0.15, -0.1) is 0 Å². The van der Waals surface area contributed by atoms with Crippen LogP contribution < -0.4 is 4.90 Å². The smallest absolute Gasteiger partial charge is 0.223 e. The maximum Gasteiger partial charge on any atom is 0.223 e. The fraction of sp³-hybridized carbons (Fsp3) is 0.333. The molecule has 1 aliphatic heterocycles. The van der Waals surface area contributed by atoms with Crippen LogP contribution in [-0.4, -0.2) is 56.1 Å². The average Bonchev–Trinajstić information content (AvgIpc) is 3.03. The minimum Gasteiger partial charge on any atom is -0.370 e. The Hall–Kier alpha value is -2.64. The number of aryl methyl sites for hydroxylation is 1. The van der Waals surface area contributed by atoms with Gasteiger partial charge in [0.15, 0.2) is 9.84 Å². The van der Waals surface area contributed by atoms with Gasteiger partial charge in [-0.1, -0.05) is 23.7 Å². The van der Waals surface area contributed by atoms with Crippen molar-refractivity contribution >= 4 is 43.8 Å². The molecule has 1 amide bonds. The van der Waals surface area contributed by atoms with Crippen LogP contribution in [0.4, 0.5) is 5.69 Å². The van der Waals surface area contributed by atoms with Crippen molar-refractivity contribution < 1.29 is 13.2 Å². The van der Waals surface area contributed by atoms with Crippen molar-refractivity contribution in [3.63, 3.8) is 0 Å². The Labute approximate surface area is 193 Å². The molecule has 6 nitrogen and oxygen atoms in total. The van der Waals surface area contributed by atoms with Crippen LogP contribution >= 0.6 is 11.6 Å². The number of nitrogens with zero attached hydrogens (tertiary/aromatic N) is 3. The highest BCUT2D eigenvalue weighted by Gasteiger charge is 2.22. The van der Waals surface area contributed by atoms with Crippen LogP contribution in [0.2, 0.25) is 5.02 Å². The number of rotatable bonds is 5. The molecule has 3 aromatic rings. The molecule has 8 heteroatoms. The first-order valence-electron chi connectivity index (χ1n) is 10.7. The van der Waals surface area contributed by atoms with Crippen LogP contribution in [0.1, 0.15) is 18.5 Å². The summed E-state index contributed by atoms with van der Waals surface area (Å²) in [4.78, 5) is 21.3. The van der Waals surface area contributed by atoms with Gasteiger partial charge in [0.05, 0.1) is 10.6 Å². The second kappa shape index (κ2) is 9.46. The fourth-order valence-corrected chi connectivity index (χ4v) is 5.48. The Morgan fingerprint density at radius 3 is 2.59 bits per heavy atom. The van der Waals surface area contributed by atoms with E-state index in [9.17, 15) is 13.2 Å². The minimum absolute atomic E-state index is 0.0185. The van der Waals surface area contributed by atoms with Crippen molar-refractivity contribution in [1.82, 2.24) is 9.88 Å². The van der Waals surface area contributed by atoms with Crippen molar-refractivity contribution in [3.05, 3.63) is 65.4 Å². The number of hydrogen-bond acceptors (Lipinski definition) is 5. The molecule has 0 N–H and O–H groups in total. The Bertz CT molecular complexity index is 1250. The number of aromatic nitrogens is 1. The molecule has 0 saturated carbocycles. The lowest BCUT2D eigenvalue weighted by molar-refractivity contribution is -0.130. The molecule has 2 heterocycles. The summed E-state index contributed by atoms with van der Waals surface area (Å²) < 4.78 is 25.7. The van der Waals surface area contributed by atoms with Crippen LogP contribution in [-0.2, 0) is 14.6 Å². The Morgan fingerprint density at radius 2 is 1.78 bits per heavy atom. The predicted octanol–water partition coefficient (Wildman–Crippen LogP) is 4.10. The number of hydrogen-bond donors (Lipinski definition) is 0. The van der Waals surface area contributed by atoms with Gasteiger partial charge in [0.25, 0.3) is 0 Å². The summed E-state index contributed by atoms with van der Waals surface area (Å²) in [5.74, 6) is -0.316. The number of amides is 1. The lowest BCUT2D eigenvalue weighted by Crippen LogP contribution is -2.36. The first kappa shape index (κ1) is 22.6. The molecule has 1 saturated heterocycles. The molecule has 0 radical (unpaired) electrons. The highest BCUT2D eigenvalue weighted by molar-refractivity contribution is 7.91. The molecular formula is C24H26ClN3O3S. The first-order valence-corrected chi connectivity index (χ1v) is 12.7. The van der Waals surface area contributed by atoms with Crippen molar-refractivity contribution in [2.75, 3.05) is 36.8 Å². The number of benzene rings is 2. The minimum atomic E-state index is -3.56. The van der Waals surface area contributed by atoms with E-state index in [4.69, 9.17) is 11.6 Å². The highest BCUT2D eigenvalue weighted by Crippen LogP contribution is 2.24. The van der Waals surface area contributed by atoms with Gasteiger partial charge in [0, 0.05) is 55.2 Å². The summed E-state index contributed by atoms with van der Waals surface area (Å²) >= 11 is 6.00. The average molecular weight is 472 g/mol.